The molecule has 0 fully saturated rings. The summed E-state index contributed by atoms with van der Waals surface area (Å²) in [7, 11) is -3.62. The van der Waals surface area contributed by atoms with Crippen LogP contribution in [-0.2, 0) is 10.0 Å². The highest BCUT2D eigenvalue weighted by molar-refractivity contribution is 9.09. The Bertz CT molecular complexity index is 503. The molecule has 1 unspecified atom stereocenters. The molecular formula is C12H17BrFNO2S. The summed E-state index contributed by atoms with van der Waals surface area (Å²) in [6, 6.07) is 3.76. The number of rotatable bonds is 6. The number of halogens is 2. The topological polar surface area (TPSA) is 46.2 Å². The lowest BCUT2D eigenvalue weighted by molar-refractivity contribution is 0.572. The molecule has 1 N–H and O–H groups in total. The molecule has 0 bridgehead atoms. The summed E-state index contributed by atoms with van der Waals surface area (Å²) >= 11 is 3.39. The van der Waals surface area contributed by atoms with E-state index in [-0.39, 0.29) is 4.90 Å². The Hall–Kier alpha value is -0.460. The van der Waals surface area contributed by atoms with Crippen molar-refractivity contribution in [2.75, 3.05) is 6.54 Å². The molecule has 1 rings (SSSR count). The van der Waals surface area contributed by atoms with Gasteiger partial charge in [-0.25, -0.2) is 17.5 Å². The minimum Gasteiger partial charge on any atom is -0.211 e. The van der Waals surface area contributed by atoms with E-state index in [4.69, 9.17) is 0 Å². The highest BCUT2D eigenvalue weighted by Crippen LogP contribution is 2.16. The minimum atomic E-state index is -3.62. The van der Waals surface area contributed by atoms with Crippen LogP contribution < -0.4 is 4.72 Å². The third-order valence-electron chi connectivity index (χ3n) is 2.51. The van der Waals surface area contributed by atoms with Gasteiger partial charge in [0.2, 0.25) is 10.0 Å². The van der Waals surface area contributed by atoms with Gasteiger partial charge in [0, 0.05) is 11.4 Å². The van der Waals surface area contributed by atoms with E-state index >= 15 is 0 Å². The second-order valence-electron chi connectivity index (χ2n) is 4.23. The van der Waals surface area contributed by atoms with Crippen molar-refractivity contribution in [3.63, 3.8) is 0 Å². The molecule has 6 heteroatoms. The highest BCUT2D eigenvalue weighted by atomic mass is 79.9. The quantitative estimate of drug-likeness (QED) is 0.640. The normalized spacial score (nSPS) is 13.6. The molecule has 0 aliphatic heterocycles. The molecule has 0 amide bonds. The molecule has 1 aromatic carbocycles. The zero-order valence-electron chi connectivity index (χ0n) is 10.4. The fourth-order valence-corrected chi connectivity index (χ4v) is 3.18. The zero-order valence-corrected chi connectivity index (χ0v) is 12.8. The van der Waals surface area contributed by atoms with E-state index in [9.17, 15) is 12.8 Å². The fraction of sp³-hybridized carbons (Fsp3) is 0.500. The van der Waals surface area contributed by atoms with Crippen molar-refractivity contribution >= 4 is 26.0 Å². The second kappa shape index (κ2) is 6.63. The molecule has 0 aliphatic carbocycles. The molecule has 0 aliphatic rings. The molecule has 1 aromatic rings. The first-order valence-electron chi connectivity index (χ1n) is 5.73. The van der Waals surface area contributed by atoms with Crippen molar-refractivity contribution in [1.82, 2.24) is 4.72 Å². The largest absolute Gasteiger partial charge is 0.240 e. The van der Waals surface area contributed by atoms with Gasteiger partial charge in [-0.2, -0.15) is 0 Å². The summed E-state index contributed by atoms with van der Waals surface area (Å²) in [6.07, 6.45) is 1.62. The van der Waals surface area contributed by atoms with Gasteiger partial charge in [0.25, 0.3) is 0 Å². The number of benzene rings is 1. The highest BCUT2D eigenvalue weighted by Gasteiger charge is 2.16. The number of nitrogens with one attached hydrogen (secondary N) is 1. The summed E-state index contributed by atoms with van der Waals surface area (Å²) in [5, 5.41) is 0. The third-order valence-corrected chi connectivity index (χ3v) is 4.57. The molecule has 102 valence electrons. The van der Waals surface area contributed by atoms with Gasteiger partial charge in [-0.15, -0.1) is 0 Å². The van der Waals surface area contributed by atoms with Gasteiger partial charge in [-0.1, -0.05) is 28.9 Å². The summed E-state index contributed by atoms with van der Waals surface area (Å²) < 4.78 is 39.5. The lowest BCUT2D eigenvalue weighted by Gasteiger charge is -2.09. The van der Waals surface area contributed by atoms with Crippen LogP contribution in [0.5, 0.6) is 0 Å². The number of hydrogen-bond donors (Lipinski definition) is 1. The van der Waals surface area contributed by atoms with Crippen molar-refractivity contribution in [2.24, 2.45) is 0 Å². The van der Waals surface area contributed by atoms with Gasteiger partial charge in [-0.05, 0) is 37.5 Å². The van der Waals surface area contributed by atoms with Gasteiger partial charge < -0.3 is 0 Å². The molecule has 0 heterocycles. The first kappa shape index (κ1) is 15.6. The molecule has 0 aromatic heterocycles. The Morgan fingerprint density at radius 1 is 1.44 bits per heavy atom. The maximum atomic E-state index is 13.1. The van der Waals surface area contributed by atoms with E-state index in [1.807, 2.05) is 6.92 Å². The predicted octanol–water partition coefficient (Wildman–Crippen LogP) is 2.98. The van der Waals surface area contributed by atoms with Crippen LogP contribution in [0.4, 0.5) is 4.39 Å². The van der Waals surface area contributed by atoms with Crippen molar-refractivity contribution in [3.8, 4) is 0 Å². The zero-order chi connectivity index (χ0) is 13.8. The van der Waals surface area contributed by atoms with Crippen LogP contribution in [0.25, 0.3) is 0 Å². The Balaban J connectivity index is 2.71. The summed E-state index contributed by atoms with van der Waals surface area (Å²) in [5.41, 5.74) is 0.540. The molecule has 3 nitrogen and oxygen atoms in total. The van der Waals surface area contributed by atoms with Crippen LogP contribution in [0.1, 0.15) is 25.3 Å². The first-order valence-corrected chi connectivity index (χ1v) is 8.12. The maximum Gasteiger partial charge on any atom is 0.240 e. The lowest BCUT2D eigenvalue weighted by Crippen LogP contribution is -2.26. The first-order chi connectivity index (χ1) is 8.33. The van der Waals surface area contributed by atoms with Gasteiger partial charge in [0.15, 0.2) is 0 Å². The monoisotopic (exact) mass is 337 g/mol. The summed E-state index contributed by atoms with van der Waals surface area (Å²) in [5.74, 6) is -0.546. The number of alkyl halides is 1. The lowest BCUT2D eigenvalue weighted by atomic mass is 10.2. The molecule has 0 radical (unpaired) electrons. The van der Waals surface area contributed by atoms with Gasteiger partial charge in [0.1, 0.15) is 5.82 Å². The Kier molecular flexibility index (Phi) is 5.75. The average molecular weight is 338 g/mol. The second-order valence-corrected chi connectivity index (χ2v) is 7.53. The van der Waals surface area contributed by atoms with E-state index in [1.165, 1.54) is 12.1 Å². The number of sulfonamides is 1. The van der Waals surface area contributed by atoms with Crippen LogP contribution in [0.3, 0.4) is 0 Å². The molecule has 1 atom stereocenters. The van der Waals surface area contributed by atoms with E-state index < -0.39 is 15.8 Å². The average Bonchev–Trinajstić information content (AvgIpc) is 2.27. The maximum absolute atomic E-state index is 13.1. The Labute approximate surface area is 116 Å². The van der Waals surface area contributed by atoms with E-state index in [1.54, 1.807) is 6.92 Å². The SMILES string of the molecule is Cc1ccc(F)cc1S(=O)(=O)NCCCC(C)Br. The van der Waals surface area contributed by atoms with Crippen molar-refractivity contribution in [1.29, 1.82) is 0 Å². The fourth-order valence-electron chi connectivity index (χ4n) is 1.53. The third kappa shape index (κ3) is 4.66. The van der Waals surface area contributed by atoms with Gasteiger partial charge >= 0.3 is 0 Å². The van der Waals surface area contributed by atoms with Crippen LogP contribution in [0, 0.1) is 12.7 Å². The smallest absolute Gasteiger partial charge is 0.211 e. The Morgan fingerprint density at radius 2 is 2.11 bits per heavy atom. The summed E-state index contributed by atoms with van der Waals surface area (Å²) in [4.78, 5) is 0.368. The minimum absolute atomic E-state index is 0.00870. The molecule has 0 saturated heterocycles. The van der Waals surface area contributed by atoms with E-state index in [0.29, 0.717) is 16.9 Å². The number of hydrogen-bond acceptors (Lipinski definition) is 2. The van der Waals surface area contributed by atoms with Crippen LogP contribution in [0.15, 0.2) is 23.1 Å². The van der Waals surface area contributed by atoms with Gasteiger partial charge in [-0.3, -0.25) is 0 Å². The van der Waals surface area contributed by atoms with Crippen LogP contribution in [-0.4, -0.2) is 19.8 Å². The van der Waals surface area contributed by atoms with Crippen molar-refractivity contribution in [3.05, 3.63) is 29.6 Å². The van der Waals surface area contributed by atoms with E-state index in [2.05, 4.69) is 20.7 Å². The molecule has 18 heavy (non-hydrogen) atoms. The Morgan fingerprint density at radius 3 is 2.72 bits per heavy atom. The molecule has 0 spiro atoms. The van der Waals surface area contributed by atoms with E-state index in [0.717, 1.165) is 18.9 Å². The van der Waals surface area contributed by atoms with Crippen LogP contribution in [0.2, 0.25) is 0 Å². The summed E-state index contributed by atoms with van der Waals surface area (Å²) in [6.45, 7) is 4.01. The number of aryl methyl sites for hydroxylation is 1. The molecular weight excluding hydrogens is 321 g/mol. The van der Waals surface area contributed by atoms with Crippen molar-refractivity contribution in [2.45, 2.75) is 36.4 Å². The molecule has 0 saturated carbocycles. The van der Waals surface area contributed by atoms with Gasteiger partial charge in [0.05, 0.1) is 4.90 Å². The predicted molar refractivity (Wildman–Crippen MR) is 73.9 cm³/mol. The van der Waals surface area contributed by atoms with Crippen molar-refractivity contribution < 1.29 is 12.8 Å². The standard InChI is InChI=1S/C12H17BrFNO2S/c1-9-5-6-11(14)8-12(9)18(16,17)15-7-3-4-10(2)13/h5-6,8,10,15H,3-4,7H2,1-2H3. The van der Waals surface area contributed by atoms with Crippen LogP contribution >= 0.6 is 15.9 Å².